The number of aryl methyl sites for hydroxylation is 1. The zero-order chi connectivity index (χ0) is 16.7. The molecule has 0 saturated heterocycles. The molecule has 128 valence electrons. The third-order valence-corrected chi connectivity index (χ3v) is 4.28. The Morgan fingerprint density at radius 3 is 2.70 bits per heavy atom. The molecule has 1 saturated carbocycles. The topological polar surface area (TPSA) is 75.4 Å². The molecular weight excluding hydrogens is 294 g/mol. The van der Waals surface area contributed by atoms with E-state index in [4.69, 9.17) is 4.52 Å². The van der Waals surface area contributed by atoms with Crippen molar-refractivity contribution in [3.63, 3.8) is 0 Å². The predicted molar refractivity (Wildman–Crippen MR) is 87.9 cm³/mol. The number of nitrogens with one attached hydrogen (secondary N) is 1. The number of amides is 2. The highest BCUT2D eigenvalue weighted by atomic mass is 16.5. The Bertz CT molecular complexity index is 523. The van der Waals surface area contributed by atoms with Crippen LogP contribution < -0.4 is 5.32 Å². The van der Waals surface area contributed by atoms with Crippen molar-refractivity contribution in [2.24, 2.45) is 5.92 Å². The third-order valence-electron chi connectivity index (χ3n) is 4.28. The molecule has 1 N–H and O–H groups in total. The molecule has 2 amide bonds. The third kappa shape index (κ3) is 5.37. The second kappa shape index (κ2) is 8.70. The van der Waals surface area contributed by atoms with Gasteiger partial charge in [0.1, 0.15) is 5.76 Å². The second-order valence-corrected chi connectivity index (χ2v) is 6.32. The Kier molecular flexibility index (Phi) is 6.62. The lowest BCUT2D eigenvalue weighted by Crippen LogP contribution is -2.43. The summed E-state index contributed by atoms with van der Waals surface area (Å²) in [5, 5.41) is 6.43. The molecule has 1 heterocycles. The van der Waals surface area contributed by atoms with Crippen LogP contribution in [0.4, 0.5) is 5.82 Å². The molecule has 0 aromatic carbocycles. The highest BCUT2D eigenvalue weighted by Gasteiger charge is 2.30. The summed E-state index contributed by atoms with van der Waals surface area (Å²) in [6, 6.07) is 1.66. The van der Waals surface area contributed by atoms with Crippen LogP contribution in [-0.2, 0) is 9.59 Å². The van der Waals surface area contributed by atoms with Crippen LogP contribution in [0, 0.1) is 12.8 Å². The minimum Gasteiger partial charge on any atom is -0.360 e. The van der Waals surface area contributed by atoms with Crippen LogP contribution in [0.15, 0.2) is 10.6 Å². The van der Waals surface area contributed by atoms with Gasteiger partial charge in [-0.25, -0.2) is 0 Å². The molecule has 2 rings (SSSR count). The highest BCUT2D eigenvalue weighted by molar-refractivity contribution is 5.94. The van der Waals surface area contributed by atoms with Crippen LogP contribution in [0.3, 0.4) is 0 Å². The zero-order valence-corrected chi connectivity index (χ0v) is 14.1. The molecule has 0 unspecified atom stereocenters. The number of nitrogens with zero attached hydrogens (tertiary/aromatic N) is 2. The van der Waals surface area contributed by atoms with Crippen molar-refractivity contribution in [3.8, 4) is 0 Å². The fraction of sp³-hybridized carbons (Fsp3) is 0.706. The number of anilines is 1. The van der Waals surface area contributed by atoms with Crippen LogP contribution in [0.25, 0.3) is 0 Å². The van der Waals surface area contributed by atoms with Crippen LogP contribution in [0.2, 0.25) is 0 Å². The van der Waals surface area contributed by atoms with Gasteiger partial charge in [-0.05, 0) is 26.2 Å². The van der Waals surface area contributed by atoms with Gasteiger partial charge >= 0.3 is 0 Å². The average molecular weight is 321 g/mol. The van der Waals surface area contributed by atoms with Crippen molar-refractivity contribution in [3.05, 3.63) is 11.8 Å². The number of carbonyl (C=O) groups is 2. The lowest BCUT2D eigenvalue weighted by molar-refractivity contribution is -0.140. The van der Waals surface area contributed by atoms with Gasteiger partial charge in [0, 0.05) is 18.5 Å². The Balaban J connectivity index is 1.86. The van der Waals surface area contributed by atoms with Gasteiger partial charge in [0.05, 0.1) is 6.54 Å². The van der Waals surface area contributed by atoms with E-state index in [1.54, 1.807) is 17.9 Å². The van der Waals surface area contributed by atoms with E-state index in [-0.39, 0.29) is 24.3 Å². The summed E-state index contributed by atoms with van der Waals surface area (Å²) in [5.74, 6) is 1.06. The Labute approximate surface area is 137 Å². The molecule has 23 heavy (non-hydrogen) atoms. The minimum absolute atomic E-state index is 0.0906. The van der Waals surface area contributed by atoms with Gasteiger partial charge in [-0.3, -0.25) is 9.59 Å². The van der Waals surface area contributed by atoms with Gasteiger partial charge in [-0.2, -0.15) is 0 Å². The number of aromatic nitrogens is 1. The van der Waals surface area contributed by atoms with Crippen molar-refractivity contribution in [2.45, 2.75) is 58.8 Å². The van der Waals surface area contributed by atoms with E-state index in [0.717, 1.165) is 44.9 Å². The predicted octanol–water partition coefficient (Wildman–Crippen LogP) is 3.13. The monoisotopic (exact) mass is 321 g/mol. The lowest BCUT2D eigenvalue weighted by Gasteiger charge is -2.31. The van der Waals surface area contributed by atoms with Gasteiger partial charge in [0.25, 0.3) is 0 Å². The molecule has 6 heteroatoms. The largest absolute Gasteiger partial charge is 0.360 e. The van der Waals surface area contributed by atoms with E-state index in [9.17, 15) is 9.59 Å². The first-order valence-corrected chi connectivity index (χ1v) is 8.62. The van der Waals surface area contributed by atoms with Gasteiger partial charge < -0.3 is 14.7 Å². The maximum atomic E-state index is 12.5. The maximum Gasteiger partial charge on any atom is 0.245 e. The average Bonchev–Trinajstić information content (AvgIpc) is 2.85. The Hall–Kier alpha value is -1.85. The van der Waals surface area contributed by atoms with Gasteiger partial charge in [-0.15, -0.1) is 0 Å². The summed E-state index contributed by atoms with van der Waals surface area (Å²) in [6.45, 7) is 4.67. The number of rotatable bonds is 9. The molecule has 0 bridgehead atoms. The Morgan fingerprint density at radius 2 is 2.13 bits per heavy atom. The summed E-state index contributed by atoms with van der Waals surface area (Å²) >= 11 is 0. The number of carbonyl (C=O) groups excluding carboxylic acids is 2. The second-order valence-electron chi connectivity index (χ2n) is 6.32. The van der Waals surface area contributed by atoms with Gasteiger partial charge in [0.15, 0.2) is 5.82 Å². The summed E-state index contributed by atoms with van der Waals surface area (Å²) < 4.78 is 4.93. The molecule has 1 aromatic rings. The normalized spacial score (nSPS) is 14.3. The van der Waals surface area contributed by atoms with E-state index in [0.29, 0.717) is 18.1 Å². The summed E-state index contributed by atoms with van der Waals surface area (Å²) in [6.07, 6.45) is 7.38. The lowest BCUT2D eigenvalue weighted by atomic mass is 9.84. The molecule has 0 aliphatic heterocycles. The summed E-state index contributed by atoms with van der Waals surface area (Å²) in [7, 11) is 0. The molecular formula is C17H27N3O3. The number of unbranched alkanes of at least 4 members (excludes halogenated alkanes) is 3. The van der Waals surface area contributed by atoms with Crippen molar-refractivity contribution in [2.75, 3.05) is 18.4 Å². The smallest absolute Gasteiger partial charge is 0.245 e. The molecule has 1 aromatic heterocycles. The summed E-state index contributed by atoms with van der Waals surface area (Å²) in [5.41, 5.74) is 0. The van der Waals surface area contributed by atoms with Gasteiger partial charge in [0.2, 0.25) is 11.8 Å². The molecule has 0 spiro atoms. The number of hydrogen-bond acceptors (Lipinski definition) is 4. The SMILES string of the molecule is CCCCCCN(CC(=O)Nc1cc(C)on1)C(=O)C1CCC1. The van der Waals surface area contributed by atoms with Crippen molar-refractivity contribution >= 4 is 17.6 Å². The van der Waals surface area contributed by atoms with Crippen molar-refractivity contribution < 1.29 is 14.1 Å². The molecule has 6 nitrogen and oxygen atoms in total. The van der Waals surface area contributed by atoms with E-state index in [1.807, 2.05) is 0 Å². The van der Waals surface area contributed by atoms with Crippen LogP contribution >= 0.6 is 0 Å². The first-order chi connectivity index (χ1) is 11.1. The fourth-order valence-corrected chi connectivity index (χ4v) is 2.69. The Morgan fingerprint density at radius 1 is 1.35 bits per heavy atom. The van der Waals surface area contributed by atoms with Gasteiger partial charge in [-0.1, -0.05) is 37.8 Å². The van der Waals surface area contributed by atoms with Crippen molar-refractivity contribution in [1.29, 1.82) is 0 Å². The standard InChI is InChI=1S/C17H27N3O3/c1-3-4-5-6-10-20(17(22)14-8-7-9-14)12-16(21)18-15-11-13(2)23-19-15/h11,14H,3-10,12H2,1-2H3,(H,18,19,21). The molecule has 1 aliphatic rings. The molecule has 1 fully saturated rings. The van der Waals surface area contributed by atoms with E-state index in [1.165, 1.54) is 0 Å². The highest BCUT2D eigenvalue weighted by Crippen LogP contribution is 2.28. The number of hydrogen-bond donors (Lipinski definition) is 1. The first kappa shape index (κ1) is 17.5. The van der Waals surface area contributed by atoms with Crippen LogP contribution in [0.5, 0.6) is 0 Å². The van der Waals surface area contributed by atoms with Crippen molar-refractivity contribution in [1.82, 2.24) is 10.1 Å². The molecule has 1 aliphatic carbocycles. The van der Waals surface area contributed by atoms with E-state index in [2.05, 4.69) is 17.4 Å². The molecule has 0 atom stereocenters. The minimum atomic E-state index is -0.221. The van der Waals surface area contributed by atoms with E-state index >= 15 is 0 Å². The maximum absolute atomic E-state index is 12.5. The van der Waals surface area contributed by atoms with Crippen LogP contribution in [-0.4, -0.2) is 35.0 Å². The zero-order valence-electron chi connectivity index (χ0n) is 14.1. The summed E-state index contributed by atoms with van der Waals surface area (Å²) in [4.78, 5) is 26.4. The van der Waals surface area contributed by atoms with E-state index < -0.39 is 0 Å². The quantitative estimate of drug-likeness (QED) is 0.709. The molecule has 0 radical (unpaired) electrons. The fourth-order valence-electron chi connectivity index (χ4n) is 2.69. The first-order valence-electron chi connectivity index (χ1n) is 8.62. The van der Waals surface area contributed by atoms with Crippen LogP contribution in [0.1, 0.15) is 57.6 Å².